The quantitative estimate of drug-likeness (QED) is 0.238. The topological polar surface area (TPSA) is 59.1 Å². The van der Waals surface area contributed by atoms with E-state index in [0.29, 0.717) is 24.4 Å². The van der Waals surface area contributed by atoms with Crippen molar-refractivity contribution in [1.29, 1.82) is 0 Å². The number of ether oxygens (including phenoxy) is 2. The number of carbonyl (C=O) groups is 2. The zero-order valence-corrected chi connectivity index (χ0v) is 22.9. The van der Waals surface area contributed by atoms with Crippen LogP contribution in [0.1, 0.15) is 71.8 Å². The van der Waals surface area contributed by atoms with Crippen molar-refractivity contribution in [3.8, 4) is 11.5 Å². The highest BCUT2D eigenvalue weighted by atomic mass is 32.1. The molecule has 0 unspecified atom stereocenters. The lowest BCUT2D eigenvalue weighted by atomic mass is 10.0. The Kier molecular flexibility index (Phi) is 8.64. The van der Waals surface area contributed by atoms with Crippen molar-refractivity contribution in [3.63, 3.8) is 0 Å². The summed E-state index contributed by atoms with van der Waals surface area (Å²) >= 11 is 1.63. The molecule has 200 valence electrons. The number of aryl methyl sites for hydroxylation is 1. The van der Waals surface area contributed by atoms with Gasteiger partial charge in [-0.1, -0.05) is 50.5 Å². The SMILES string of the molecule is CCCCCCc1ccc(C(=O)N(CC(=O)N(Cc2ccc3c(c2)OCO3)Cc2cccs2)C2CC2)cc1. The van der Waals surface area contributed by atoms with Crippen LogP contribution >= 0.6 is 11.3 Å². The van der Waals surface area contributed by atoms with E-state index in [1.807, 2.05) is 52.7 Å². The molecule has 1 aromatic heterocycles. The van der Waals surface area contributed by atoms with Crippen LogP contribution in [0.3, 0.4) is 0 Å². The third-order valence-electron chi connectivity index (χ3n) is 7.16. The van der Waals surface area contributed by atoms with Crippen molar-refractivity contribution in [1.82, 2.24) is 9.80 Å². The summed E-state index contributed by atoms with van der Waals surface area (Å²) < 4.78 is 11.0. The molecule has 5 rings (SSSR count). The minimum Gasteiger partial charge on any atom is -0.454 e. The molecule has 1 aliphatic carbocycles. The van der Waals surface area contributed by atoms with Crippen LogP contribution in [-0.4, -0.2) is 41.0 Å². The van der Waals surface area contributed by atoms with E-state index >= 15 is 0 Å². The zero-order chi connectivity index (χ0) is 26.3. The predicted molar refractivity (Wildman–Crippen MR) is 149 cm³/mol. The fourth-order valence-corrected chi connectivity index (χ4v) is 5.54. The molecule has 3 aromatic rings. The van der Waals surface area contributed by atoms with E-state index in [4.69, 9.17) is 9.47 Å². The van der Waals surface area contributed by atoms with Crippen LogP contribution in [0.25, 0.3) is 0 Å². The van der Waals surface area contributed by atoms with E-state index in [1.165, 1.54) is 31.2 Å². The van der Waals surface area contributed by atoms with Gasteiger partial charge in [-0.25, -0.2) is 0 Å². The lowest BCUT2D eigenvalue weighted by Gasteiger charge is -2.28. The maximum atomic E-state index is 13.7. The molecule has 2 aromatic carbocycles. The second-order valence-corrected chi connectivity index (χ2v) is 11.2. The molecule has 1 aliphatic heterocycles. The van der Waals surface area contributed by atoms with E-state index in [9.17, 15) is 9.59 Å². The van der Waals surface area contributed by atoms with Crippen LogP contribution in [0.4, 0.5) is 0 Å². The minimum absolute atomic E-state index is 0.0520. The monoisotopic (exact) mass is 532 g/mol. The van der Waals surface area contributed by atoms with E-state index in [-0.39, 0.29) is 31.2 Å². The second kappa shape index (κ2) is 12.5. The van der Waals surface area contributed by atoms with Gasteiger partial charge in [-0.3, -0.25) is 9.59 Å². The number of carbonyl (C=O) groups excluding carboxylic acids is 2. The first-order valence-corrected chi connectivity index (χ1v) is 14.6. The van der Waals surface area contributed by atoms with Gasteiger partial charge in [0, 0.05) is 23.0 Å². The van der Waals surface area contributed by atoms with Gasteiger partial charge in [-0.2, -0.15) is 0 Å². The Morgan fingerprint density at radius 3 is 2.45 bits per heavy atom. The highest BCUT2D eigenvalue weighted by Gasteiger charge is 2.35. The first-order valence-electron chi connectivity index (χ1n) is 13.7. The van der Waals surface area contributed by atoms with Crippen molar-refractivity contribution >= 4 is 23.2 Å². The van der Waals surface area contributed by atoms with Gasteiger partial charge in [0.05, 0.1) is 6.54 Å². The summed E-state index contributed by atoms with van der Waals surface area (Å²) in [7, 11) is 0. The molecule has 38 heavy (non-hydrogen) atoms. The molecule has 1 fully saturated rings. The lowest BCUT2D eigenvalue weighted by Crippen LogP contribution is -2.43. The van der Waals surface area contributed by atoms with Gasteiger partial charge in [0.25, 0.3) is 5.91 Å². The fraction of sp³-hybridized carbons (Fsp3) is 0.419. The van der Waals surface area contributed by atoms with E-state index in [0.717, 1.165) is 35.5 Å². The summed E-state index contributed by atoms with van der Waals surface area (Å²) in [5.41, 5.74) is 2.89. The van der Waals surface area contributed by atoms with Gasteiger partial charge in [0.2, 0.25) is 12.7 Å². The van der Waals surface area contributed by atoms with Crippen molar-refractivity contribution in [2.75, 3.05) is 13.3 Å². The Balaban J connectivity index is 1.27. The number of unbranched alkanes of at least 4 members (excludes halogenated alkanes) is 3. The van der Waals surface area contributed by atoms with Gasteiger partial charge in [-0.15, -0.1) is 11.3 Å². The maximum absolute atomic E-state index is 13.7. The highest BCUT2D eigenvalue weighted by molar-refractivity contribution is 7.09. The molecular formula is C31H36N2O4S. The summed E-state index contributed by atoms with van der Waals surface area (Å²) in [6, 6.07) is 17.9. The first-order chi connectivity index (χ1) is 18.6. The van der Waals surface area contributed by atoms with Crippen molar-refractivity contribution in [2.24, 2.45) is 0 Å². The number of rotatable bonds is 13. The minimum atomic E-state index is -0.0578. The van der Waals surface area contributed by atoms with Crippen LogP contribution in [0.2, 0.25) is 0 Å². The number of hydrogen-bond donors (Lipinski definition) is 0. The van der Waals surface area contributed by atoms with E-state index in [1.54, 1.807) is 16.2 Å². The third kappa shape index (κ3) is 6.76. The Hall–Kier alpha value is -3.32. The fourth-order valence-electron chi connectivity index (χ4n) is 4.82. The zero-order valence-electron chi connectivity index (χ0n) is 22.1. The molecule has 0 spiro atoms. The van der Waals surface area contributed by atoms with Crippen LogP contribution in [-0.2, 0) is 24.3 Å². The Bertz CT molecular complexity index is 1220. The number of fused-ring (bicyclic) bond motifs is 1. The van der Waals surface area contributed by atoms with Gasteiger partial charge >= 0.3 is 0 Å². The smallest absolute Gasteiger partial charge is 0.254 e. The van der Waals surface area contributed by atoms with Crippen molar-refractivity contribution in [2.45, 2.75) is 71.0 Å². The van der Waals surface area contributed by atoms with E-state index < -0.39 is 0 Å². The number of hydrogen-bond acceptors (Lipinski definition) is 5. The summed E-state index contributed by atoms with van der Waals surface area (Å²) in [5.74, 6) is 1.32. The molecule has 1 saturated carbocycles. The molecule has 7 heteroatoms. The molecule has 0 bridgehead atoms. The largest absolute Gasteiger partial charge is 0.454 e. The number of thiophene rings is 1. The summed E-state index contributed by atoms with van der Waals surface area (Å²) in [5, 5.41) is 2.02. The standard InChI is InChI=1S/C31H36N2O4S/c1-2-3-4-5-7-23-9-12-25(13-10-23)31(35)33(26-14-15-26)21-30(34)32(20-27-8-6-17-38-27)19-24-11-16-28-29(18-24)37-22-36-28/h6,8-13,16-18,26H,2-5,7,14-15,19-22H2,1H3. The highest BCUT2D eigenvalue weighted by Crippen LogP contribution is 2.33. The molecule has 2 amide bonds. The molecule has 0 N–H and O–H groups in total. The van der Waals surface area contributed by atoms with Gasteiger partial charge in [-0.05, 0) is 72.5 Å². The average Bonchev–Trinajstić information content (AvgIpc) is 3.43. The second-order valence-electron chi connectivity index (χ2n) is 10.2. The Morgan fingerprint density at radius 2 is 1.71 bits per heavy atom. The van der Waals surface area contributed by atoms with Gasteiger partial charge in [0.15, 0.2) is 11.5 Å². The van der Waals surface area contributed by atoms with Crippen LogP contribution in [0.5, 0.6) is 11.5 Å². The normalized spacial score (nSPS) is 13.9. The third-order valence-corrected chi connectivity index (χ3v) is 8.03. The summed E-state index contributed by atoms with van der Waals surface area (Å²) in [6.45, 7) is 3.46. The maximum Gasteiger partial charge on any atom is 0.254 e. The molecular weight excluding hydrogens is 496 g/mol. The average molecular weight is 533 g/mol. The number of nitrogens with zero attached hydrogens (tertiary/aromatic N) is 2. The molecule has 2 heterocycles. The predicted octanol–water partition coefficient (Wildman–Crippen LogP) is 6.43. The van der Waals surface area contributed by atoms with Crippen LogP contribution in [0.15, 0.2) is 60.0 Å². The number of amides is 2. The van der Waals surface area contributed by atoms with Crippen LogP contribution < -0.4 is 9.47 Å². The van der Waals surface area contributed by atoms with Crippen molar-refractivity contribution < 1.29 is 19.1 Å². The van der Waals surface area contributed by atoms with E-state index in [2.05, 4.69) is 19.1 Å². The molecule has 0 saturated heterocycles. The molecule has 0 atom stereocenters. The molecule has 0 radical (unpaired) electrons. The summed E-state index contributed by atoms with van der Waals surface area (Å²) in [6.07, 6.45) is 7.83. The Labute approximate surface area is 229 Å². The van der Waals surface area contributed by atoms with Crippen molar-refractivity contribution in [3.05, 3.63) is 81.5 Å². The Morgan fingerprint density at radius 1 is 0.921 bits per heavy atom. The number of benzene rings is 2. The lowest BCUT2D eigenvalue weighted by molar-refractivity contribution is -0.133. The molecule has 6 nitrogen and oxygen atoms in total. The van der Waals surface area contributed by atoms with Gasteiger partial charge < -0.3 is 19.3 Å². The van der Waals surface area contributed by atoms with Crippen LogP contribution in [0, 0.1) is 0 Å². The van der Waals surface area contributed by atoms with Gasteiger partial charge in [0.1, 0.15) is 6.54 Å². The summed E-state index contributed by atoms with van der Waals surface area (Å²) in [4.78, 5) is 31.9. The molecule has 2 aliphatic rings. The first kappa shape index (κ1) is 26.3.